The second-order valence-electron chi connectivity index (χ2n) is 5.97. The highest BCUT2D eigenvalue weighted by atomic mass is 16.3. The van der Waals surface area contributed by atoms with E-state index in [0.29, 0.717) is 11.8 Å². The fourth-order valence-electron chi connectivity index (χ4n) is 3.06. The zero-order valence-corrected chi connectivity index (χ0v) is 13.1. The summed E-state index contributed by atoms with van der Waals surface area (Å²) in [5.41, 5.74) is 2.20. The van der Waals surface area contributed by atoms with Gasteiger partial charge in [-0.15, -0.1) is 0 Å². The standard InChI is InChI=1S/C18H22N2O2/c1-13-9-11-22-17(13)18(21)19-16-8-10-20(12-16)14(2)15-6-4-3-5-7-15/h3-7,9,11,14,16H,8,10,12H2,1-2H3,(H,19,21)/t14-,16+/m1/s1. The smallest absolute Gasteiger partial charge is 0.287 e. The van der Waals surface area contributed by atoms with Crippen LogP contribution in [-0.2, 0) is 0 Å². The van der Waals surface area contributed by atoms with Crippen LogP contribution in [0.1, 0.15) is 41.1 Å². The summed E-state index contributed by atoms with van der Waals surface area (Å²) >= 11 is 0. The molecular weight excluding hydrogens is 276 g/mol. The third kappa shape index (κ3) is 3.07. The SMILES string of the molecule is Cc1ccoc1C(=O)N[C@H]1CCN([C@H](C)c2ccccc2)C1. The average Bonchev–Trinajstić information content (AvgIpc) is 3.16. The van der Waals surface area contributed by atoms with Crippen molar-refractivity contribution in [1.82, 2.24) is 10.2 Å². The molecule has 116 valence electrons. The first-order valence-corrected chi connectivity index (χ1v) is 7.79. The van der Waals surface area contributed by atoms with Crippen LogP contribution in [0.4, 0.5) is 0 Å². The number of furan rings is 1. The molecule has 2 heterocycles. The minimum absolute atomic E-state index is 0.110. The quantitative estimate of drug-likeness (QED) is 0.943. The normalized spacial score (nSPS) is 20.0. The van der Waals surface area contributed by atoms with Crippen molar-refractivity contribution in [2.45, 2.75) is 32.4 Å². The number of aryl methyl sites for hydroxylation is 1. The first-order valence-electron chi connectivity index (χ1n) is 7.79. The summed E-state index contributed by atoms with van der Waals surface area (Å²) in [4.78, 5) is 14.6. The van der Waals surface area contributed by atoms with Gasteiger partial charge in [0.15, 0.2) is 5.76 Å². The van der Waals surface area contributed by atoms with Gasteiger partial charge in [-0.05, 0) is 31.9 Å². The van der Waals surface area contributed by atoms with E-state index in [0.717, 1.165) is 25.1 Å². The molecule has 1 fully saturated rings. The molecule has 22 heavy (non-hydrogen) atoms. The lowest BCUT2D eigenvalue weighted by Crippen LogP contribution is -2.37. The van der Waals surface area contributed by atoms with Gasteiger partial charge in [-0.3, -0.25) is 9.69 Å². The lowest BCUT2D eigenvalue weighted by atomic mass is 10.1. The molecular formula is C18H22N2O2. The van der Waals surface area contributed by atoms with Gasteiger partial charge in [0.05, 0.1) is 6.26 Å². The molecule has 0 unspecified atom stereocenters. The van der Waals surface area contributed by atoms with E-state index in [2.05, 4.69) is 41.4 Å². The molecule has 1 aromatic carbocycles. The van der Waals surface area contributed by atoms with Gasteiger partial charge in [0, 0.05) is 30.7 Å². The van der Waals surface area contributed by atoms with Crippen LogP contribution in [0, 0.1) is 6.92 Å². The number of hydrogen-bond donors (Lipinski definition) is 1. The highest BCUT2D eigenvalue weighted by Gasteiger charge is 2.28. The van der Waals surface area contributed by atoms with Crippen LogP contribution in [0.3, 0.4) is 0 Å². The maximum Gasteiger partial charge on any atom is 0.287 e. The van der Waals surface area contributed by atoms with Gasteiger partial charge in [0.2, 0.25) is 0 Å². The van der Waals surface area contributed by atoms with Crippen LogP contribution in [0.15, 0.2) is 47.1 Å². The number of amides is 1. The van der Waals surface area contributed by atoms with Crippen LogP contribution in [0.25, 0.3) is 0 Å². The van der Waals surface area contributed by atoms with Gasteiger partial charge in [0.25, 0.3) is 5.91 Å². The summed E-state index contributed by atoms with van der Waals surface area (Å²) in [6.45, 7) is 5.98. The van der Waals surface area contributed by atoms with Gasteiger partial charge >= 0.3 is 0 Å². The molecule has 4 nitrogen and oxygen atoms in total. The molecule has 3 rings (SSSR count). The number of carbonyl (C=O) groups is 1. The molecule has 0 radical (unpaired) electrons. The van der Waals surface area contributed by atoms with E-state index < -0.39 is 0 Å². The number of nitrogens with one attached hydrogen (secondary N) is 1. The predicted octanol–water partition coefficient (Wildman–Crippen LogP) is 3.15. The number of likely N-dealkylation sites (tertiary alicyclic amines) is 1. The van der Waals surface area contributed by atoms with Gasteiger partial charge < -0.3 is 9.73 Å². The van der Waals surface area contributed by atoms with Crippen molar-refractivity contribution in [2.75, 3.05) is 13.1 Å². The summed E-state index contributed by atoms with van der Waals surface area (Å²) < 4.78 is 5.25. The molecule has 1 N–H and O–H groups in total. The molecule has 0 aliphatic carbocycles. The molecule has 1 aromatic heterocycles. The second-order valence-corrected chi connectivity index (χ2v) is 5.97. The van der Waals surface area contributed by atoms with Crippen LogP contribution >= 0.6 is 0 Å². The van der Waals surface area contributed by atoms with Gasteiger partial charge in [-0.1, -0.05) is 30.3 Å². The first-order chi connectivity index (χ1) is 10.6. The Labute approximate surface area is 131 Å². The van der Waals surface area contributed by atoms with Crippen molar-refractivity contribution in [2.24, 2.45) is 0 Å². The van der Waals surface area contributed by atoms with E-state index >= 15 is 0 Å². The van der Waals surface area contributed by atoms with Gasteiger partial charge in [-0.2, -0.15) is 0 Å². The van der Waals surface area contributed by atoms with Crippen molar-refractivity contribution in [3.8, 4) is 0 Å². The van der Waals surface area contributed by atoms with E-state index in [9.17, 15) is 4.79 Å². The minimum atomic E-state index is -0.110. The average molecular weight is 298 g/mol. The van der Waals surface area contributed by atoms with E-state index in [-0.39, 0.29) is 11.9 Å². The number of carbonyl (C=O) groups excluding carboxylic acids is 1. The van der Waals surface area contributed by atoms with Crippen molar-refractivity contribution in [3.63, 3.8) is 0 Å². The molecule has 1 amide bonds. The molecule has 0 saturated carbocycles. The third-order valence-corrected chi connectivity index (χ3v) is 4.45. The van der Waals surface area contributed by atoms with E-state index in [1.165, 1.54) is 5.56 Å². The van der Waals surface area contributed by atoms with Crippen LogP contribution in [-0.4, -0.2) is 29.9 Å². The molecule has 2 aromatic rings. The van der Waals surface area contributed by atoms with Crippen molar-refractivity contribution >= 4 is 5.91 Å². The predicted molar refractivity (Wildman–Crippen MR) is 85.7 cm³/mol. The molecule has 1 aliphatic rings. The lowest BCUT2D eigenvalue weighted by molar-refractivity contribution is 0.0907. The Balaban J connectivity index is 1.59. The van der Waals surface area contributed by atoms with Crippen molar-refractivity contribution in [1.29, 1.82) is 0 Å². The highest BCUT2D eigenvalue weighted by Crippen LogP contribution is 2.24. The van der Waals surface area contributed by atoms with Crippen LogP contribution in [0.5, 0.6) is 0 Å². The summed E-state index contributed by atoms with van der Waals surface area (Å²) in [6, 6.07) is 12.9. The maximum atomic E-state index is 12.2. The second kappa shape index (κ2) is 6.36. The summed E-state index contributed by atoms with van der Waals surface area (Å²) in [5, 5.41) is 3.08. The van der Waals surface area contributed by atoms with Crippen LogP contribution < -0.4 is 5.32 Å². The zero-order valence-electron chi connectivity index (χ0n) is 13.1. The van der Waals surface area contributed by atoms with Crippen molar-refractivity contribution in [3.05, 3.63) is 59.5 Å². The fourth-order valence-corrected chi connectivity index (χ4v) is 3.06. The Hall–Kier alpha value is -2.07. The molecule has 1 aliphatic heterocycles. The summed E-state index contributed by atoms with van der Waals surface area (Å²) in [7, 11) is 0. The molecule has 2 atom stereocenters. The molecule has 0 spiro atoms. The lowest BCUT2D eigenvalue weighted by Gasteiger charge is -2.24. The van der Waals surface area contributed by atoms with Crippen LogP contribution in [0.2, 0.25) is 0 Å². The Bertz CT molecular complexity index is 636. The largest absolute Gasteiger partial charge is 0.459 e. The minimum Gasteiger partial charge on any atom is -0.459 e. The third-order valence-electron chi connectivity index (χ3n) is 4.45. The molecule has 4 heteroatoms. The van der Waals surface area contributed by atoms with E-state index in [4.69, 9.17) is 4.42 Å². The number of nitrogens with zero attached hydrogens (tertiary/aromatic N) is 1. The Morgan fingerprint density at radius 2 is 2.09 bits per heavy atom. The summed E-state index contributed by atoms with van der Waals surface area (Å²) in [6.07, 6.45) is 2.53. The molecule has 1 saturated heterocycles. The fraction of sp³-hybridized carbons (Fsp3) is 0.389. The van der Waals surface area contributed by atoms with E-state index in [1.807, 2.05) is 19.1 Å². The molecule has 0 bridgehead atoms. The zero-order chi connectivity index (χ0) is 15.5. The number of rotatable bonds is 4. The number of hydrogen-bond acceptors (Lipinski definition) is 3. The highest BCUT2D eigenvalue weighted by molar-refractivity contribution is 5.93. The Kier molecular flexibility index (Phi) is 4.29. The number of benzene rings is 1. The first kappa shape index (κ1) is 14.9. The summed E-state index contributed by atoms with van der Waals surface area (Å²) in [5.74, 6) is 0.316. The van der Waals surface area contributed by atoms with Crippen molar-refractivity contribution < 1.29 is 9.21 Å². The van der Waals surface area contributed by atoms with E-state index in [1.54, 1.807) is 6.26 Å². The topological polar surface area (TPSA) is 45.5 Å². The monoisotopic (exact) mass is 298 g/mol. The van der Waals surface area contributed by atoms with Gasteiger partial charge in [-0.25, -0.2) is 0 Å². The Morgan fingerprint density at radius 1 is 1.32 bits per heavy atom. The maximum absolute atomic E-state index is 12.2. The van der Waals surface area contributed by atoms with Gasteiger partial charge in [0.1, 0.15) is 0 Å². The Morgan fingerprint density at radius 3 is 2.77 bits per heavy atom.